The second-order valence-electron chi connectivity index (χ2n) is 5.45. The van der Waals surface area contributed by atoms with Crippen LogP contribution in [0.5, 0.6) is 5.75 Å². The molecule has 0 atom stereocenters. The fourth-order valence-corrected chi connectivity index (χ4v) is 2.23. The second-order valence-corrected chi connectivity index (χ2v) is 5.45. The fourth-order valence-electron chi connectivity index (χ4n) is 2.23. The minimum Gasteiger partial charge on any atom is -0.462 e. The smallest absolute Gasteiger partial charge is 0.311 e. The highest BCUT2D eigenvalue weighted by Gasteiger charge is 2.14. The lowest BCUT2D eigenvalue weighted by Crippen LogP contribution is -2.18. The van der Waals surface area contributed by atoms with E-state index < -0.39 is 11.8 Å². The summed E-state index contributed by atoms with van der Waals surface area (Å²) in [5.74, 6) is -1.52. The number of hydrogen-bond acceptors (Lipinski definition) is 4. The van der Waals surface area contributed by atoms with Crippen LogP contribution in [0.15, 0.2) is 24.3 Å². The first kappa shape index (κ1) is 19.1. The van der Waals surface area contributed by atoms with Gasteiger partial charge in [-0.1, -0.05) is 38.8 Å². The summed E-state index contributed by atoms with van der Waals surface area (Å²) in [6, 6.07) is 5.72. The third-order valence-corrected chi connectivity index (χ3v) is 3.34. The lowest BCUT2D eigenvalue weighted by molar-refractivity contribution is -0.150. The zero-order valence-electron chi connectivity index (χ0n) is 13.8. The van der Waals surface area contributed by atoms with Crippen molar-refractivity contribution >= 4 is 11.9 Å². The Morgan fingerprint density at radius 3 is 2.26 bits per heavy atom. The molecule has 0 N–H and O–H groups in total. The van der Waals surface area contributed by atoms with Gasteiger partial charge in [-0.05, 0) is 31.4 Å². The van der Waals surface area contributed by atoms with E-state index in [0.29, 0.717) is 6.42 Å². The van der Waals surface area contributed by atoms with Gasteiger partial charge in [0.15, 0.2) is 11.6 Å². The van der Waals surface area contributed by atoms with Crippen LogP contribution in [0, 0.1) is 5.82 Å². The Labute approximate surface area is 137 Å². The zero-order chi connectivity index (χ0) is 17.1. The van der Waals surface area contributed by atoms with E-state index in [2.05, 4.69) is 13.8 Å². The SMILES string of the molecule is CCCC(CCC)OC(=O)CCCC(=O)Oc1ccccc1F. The number of rotatable bonds is 10. The standard InChI is InChI=1S/C18H25FO4/c1-3-8-14(9-4-2)22-17(20)12-7-13-18(21)23-16-11-6-5-10-15(16)19/h5-6,10-11,14H,3-4,7-9,12-13H2,1-2H3. The number of hydrogen-bond donors (Lipinski definition) is 0. The Morgan fingerprint density at radius 1 is 1.04 bits per heavy atom. The molecule has 5 heteroatoms. The molecular weight excluding hydrogens is 299 g/mol. The summed E-state index contributed by atoms with van der Waals surface area (Å²) < 4.78 is 23.7. The van der Waals surface area contributed by atoms with Crippen molar-refractivity contribution in [1.29, 1.82) is 0 Å². The molecule has 0 saturated carbocycles. The van der Waals surface area contributed by atoms with E-state index in [1.54, 1.807) is 6.07 Å². The van der Waals surface area contributed by atoms with Crippen LogP contribution in [0.3, 0.4) is 0 Å². The van der Waals surface area contributed by atoms with Crippen LogP contribution in [0.25, 0.3) is 0 Å². The van der Waals surface area contributed by atoms with E-state index in [1.165, 1.54) is 18.2 Å². The third-order valence-electron chi connectivity index (χ3n) is 3.34. The van der Waals surface area contributed by atoms with E-state index in [9.17, 15) is 14.0 Å². The molecule has 0 saturated heterocycles. The van der Waals surface area contributed by atoms with Gasteiger partial charge >= 0.3 is 11.9 Å². The number of halogens is 1. The Morgan fingerprint density at radius 2 is 1.65 bits per heavy atom. The lowest BCUT2D eigenvalue weighted by atomic mass is 10.1. The number of carbonyl (C=O) groups excluding carboxylic acids is 2. The van der Waals surface area contributed by atoms with Crippen molar-refractivity contribution in [2.45, 2.75) is 64.9 Å². The van der Waals surface area contributed by atoms with E-state index in [4.69, 9.17) is 9.47 Å². The topological polar surface area (TPSA) is 52.6 Å². The van der Waals surface area contributed by atoms with Gasteiger partial charge in [0.2, 0.25) is 0 Å². The number of carbonyl (C=O) groups is 2. The summed E-state index contributed by atoms with van der Waals surface area (Å²) in [5, 5.41) is 0. The highest BCUT2D eigenvalue weighted by molar-refractivity contribution is 5.74. The normalized spacial score (nSPS) is 10.6. The first-order valence-corrected chi connectivity index (χ1v) is 8.21. The van der Waals surface area contributed by atoms with Gasteiger partial charge in [0.25, 0.3) is 0 Å². The van der Waals surface area contributed by atoms with Crippen LogP contribution < -0.4 is 4.74 Å². The summed E-state index contributed by atoms with van der Waals surface area (Å²) in [6.45, 7) is 4.10. The predicted octanol–water partition coefficient (Wildman–Crippen LogP) is 4.41. The predicted molar refractivity (Wildman–Crippen MR) is 85.6 cm³/mol. The average Bonchev–Trinajstić information content (AvgIpc) is 2.50. The maximum absolute atomic E-state index is 13.3. The summed E-state index contributed by atoms with van der Waals surface area (Å²) in [4.78, 5) is 23.4. The number of esters is 2. The summed E-state index contributed by atoms with van der Waals surface area (Å²) in [5.41, 5.74) is 0. The molecule has 1 aromatic carbocycles. The average molecular weight is 324 g/mol. The molecule has 4 nitrogen and oxygen atoms in total. The van der Waals surface area contributed by atoms with Gasteiger partial charge in [-0.3, -0.25) is 9.59 Å². The molecule has 1 rings (SSSR count). The molecule has 0 spiro atoms. The van der Waals surface area contributed by atoms with Crippen LogP contribution in [0.2, 0.25) is 0 Å². The van der Waals surface area contributed by atoms with Gasteiger partial charge in [-0.15, -0.1) is 0 Å². The number of ether oxygens (including phenoxy) is 2. The van der Waals surface area contributed by atoms with Crippen LogP contribution in [-0.4, -0.2) is 18.0 Å². The molecular formula is C18H25FO4. The molecule has 0 amide bonds. The highest BCUT2D eigenvalue weighted by atomic mass is 19.1. The van der Waals surface area contributed by atoms with Gasteiger partial charge in [0, 0.05) is 12.8 Å². The molecule has 128 valence electrons. The minimum atomic E-state index is -0.581. The summed E-state index contributed by atoms with van der Waals surface area (Å²) in [6.07, 6.45) is 4.15. The molecule has 0 bridgehead atoms. The first-order valence-electron chi connectivity index (χ1n) is 8.21. The van der Waals surface area contributed by atoms with Gasteiger partial charge in [-0.25, -0.2) is 4.39 Å². The van der Waals surface area contributed by atoms with E-state index in [1.807, 2.05) is 0 Å². The number of benzene rings is 1. The zero-order valence-corrected chi connectivity index (χ0v) is 13.8. The fraction of sp³-hybridized carbons (Fsp3) is 0.556. The van der Waals surface area contributed by atoms with E-state index in [0.717, 1.165) is 25.7 Å². The van der Waals surface area contributed by atoms with E-state index in [-0.39, 0.29) is 30.7 Å². The van der Waals surface area contributed by atoms with Crippen molar-refractivity contribution in [1.82, 2.24) is 0 Å². The molecule has 0 aromatic heterocycles. The van der Waals surface area contributed by atoms with Crippen molar-refractivity contribution in [3.05, 3.63) is 30.1 Å². The largest absolute Gasteiger partial charge is 0.462 e. The minimum absolute atomic E-state index is 0.0390. The summed E-state index contributed by atoms with van der Waals surface area (Å²) >= 11 is 0. The monoisotopic (exact) mass is 324 g/mol. The Balaban J connectivity index is 2.28. The number of para-hydroxylation sites is 1. The van der Waals surface area contributed by atoms with Crippen LogP contribution in [0.1, 0.15) is 58.8 Å². The molecule has 23 heavy (non-hydrogen) atoms. The molecule has 0 aliphatic heterocycles. The van der Waals surface area contributed by atoms with Crippen molar-refractivity contribution < 1.29 is 23.5 Å². The van der Waals surface area contributed by atoms with Gasteiger partial charge in [0.1, 0.15) is 6.10 Å². The molecule has 0 fully saturated rings. The molecule has 0 heterocycles. The van der Waals surface area contributed by atoms with Crippen molar-refractivity contribution in [3.8, 4) is 5.75 Å². The van der Waals surface area contributed by atoms with Gasteiger partial charge in [-0.2, -0.15) is 0 Å². The van der Waals surface area contributed by atoms with E-state index >= 15 is 0 Å². The van der Waals surface area contributed by atoms with Crippen LogP contribution in [0.4, 0.5) is 4.39 Å². The highest BCUT2D eigenvalue weighted by Crippen LogP contribution is 2.17. The Bertz CT molecular complexity index is 496. The van der Waals surface area contributed by atoms with Crippen LogP contribution >= 0.6 is 0 Å². The van der Waals surface area contributed by atoms with Gasteiger partial charge < -0.3 is 9.47 Å². The molecule has 0 aliphatic rings. The molecule has 0 aliphatic carbocycles. The molecule has 0 unspecified atom stereocenters. The Kier molecular flexibility index (Phi) is 8.95. The first-order chi connectivity index (χ1) is 11.1. The Hall–Kier alpha value is -1.91. The molecule has 0 radical (unpaired) electrons. The lowest BCUT2D eigenvalue weighted by Gasteiger charge is -2.16. The van der Waals surface area contributed by atoms with Crippen molar-refractivity contribution in [2.24, 2.45) is 0 Å². The van der Waals surface area contributed by atoms with Crippen molar-refractivity contribution in [2.75, 3.05) is 0 Å². The van der Waals surface area contributed by atoms with Gasteiger partial charge in [0.05, 0.1) is 0 Å². The summed E-state index contributed by atoms with van der Waals surface area (Å²) in [7, 11) is 0. The maximum Gasteiger partial charge on any atom is 0.311 e. The van der Waals surface area contributed by atoms with Crippen molar-refractivity contribution in [3.63, 3.8) is 0 Å². The van der Waals surface area contributed by atoms with Crippen LogP contribution in [-0.2, 0) is 14.3 Å². The second kappa shape index (κ2) is 10.8. The quantitative estimate of drug-likeness (QED) is 0.472. The maximum atomic E-state index is 13.3. The molecule has 1 aromatic rings. The third kappa shape index (κ3) is 7.77.